The first kappa shape index (κ1) is 12.4. The Morgan fingerprint density at radius 1 is 1.46 bits per heavy atom. The van der Waals surface area contributed by atoms with Crippen molar-refractivity contribution >= 4 is 5.97 Å². The maximum atomic E-state index is 11.3. The SMILES string of the molecule is CCCCOC(=O)C(N)C(C)(C)C. The van der Waals surface area contributed by atoms with Crippen LogP contribution in [0.15, 0.2) is 0 Å². The van der Waals surface area contributed by atoms with Gasteiger partial charge in [0.1, 0.15) is 6.04 Å². The minimum absolute atomic E-state index is 0.219. The van der Waals surface area contributed by atoms with Gasteiger partial charge in [-0.1, -0.05) is 34.1 Å². The van der Waals surface area contributed by atoms with Gasteiger partial charge in [-0.25, -0.2) is 0 Å². The van der Waals surface area contributed by atoms with Gasteiger partial charge in [0.25, 0.3) is 0 Å². The lowest BCUT2D eigenvalue weighted by Gasteiger charge is -2.24. The summed E-state index contributed by atoms with van der Waals surface area (Å²) in [6.07, 6.45) is 1.93. The van der Waals surface area contributed by atoms with E-state index < -0.39 is 6.04 Å². The van der Waals surface area contributed by atoms with Crippen molar-refractivity contribution in [1.82, 2.24) is 0 Å². The molecule has 0 saturated heterocycles. The molecule has 3 nitrogen and oxygen atoms in total. The number of unbranched alkanes of at least 4 members (excludes halogenated alkanes) is 1. The van der Waals surface area contributed by atoms with Gasteiger partial charge in [-0.2, -0.15) is 0 Å². The van der Waals surface area contributed by atoms with Crippen LogP contribution in [0.1, 0.15) is 40.5 Å². The van der Waals surface area contributed by atoms with Crippen molar-refractivity contribution in [2.45, 2.75) is 46.6 Å². The van der Waals surface area contributed by atoms with Gasteiger partial charge in [-0.05, 0) is 11.8 Å². The molecule has 0 spiro atoms. The second kappa shape index (κ2) is 5.22. The van der Waals surface area contributed by atoms with Crippen LogP contribution in [-0.2, 0) is 9.53 Å². The maximum absolute atomic E-state index is 11.3. The van der Waals surface area contributed by atoms with E-state index in [2.05, 4.69) is 6.92 Å². The normalized spacial score (nSPS) is 13.9. The standard InChI is InChI=1S/C10H21NO2/c1-5-6-7-13-9(12)8(11)10(2,3)4/h8H,5-7,11H2,1-4H3. The molecule has 2 N–H and O–H groups in total. The highest BCUT2D eigenvalue weighted by molar-refractivity contribution is 5.76. The highest BCUT2D eigenvalue weighted by atomic mass is 16.5. The van der Waals surface area contributed by atoms with E-state index in [0.29, 0.717) is 6.61 Å². The number of carbonyl (C=O) groups excluding carboxylic acids is 1. The van der Waals surface area contributed by atoms with Gasteiger partial charge in [0.2, 0.25) is 0 Å². The number of hydrogen-bond donors (Lipinski definition) is 1. The van der Waals surface area contributed by atoms with E-state index in [0.717, 1.165) is 12.8 Å². The Morgan fingerprint density at radius 2 is 2.00 bits per heavy atom. The molecule has 0 aromatic rings. The molecule has 78 valence electrons. The van der Waals surface area contributed by atoms with E-state index in [1.807, 2.05) is 20.8 Å². The van der Waals surface area contributed by atoms with Crippen molar-refractivity contribution in [3.63, 3.8) is 0 Å². The van der Waals surface area contributed by atoms with Crippen molar-refractivity contribution in [2.75, 3.05) is 6.61 Å². The Balaban J connectivity index is 3.84. The molecule has 0 saturated carbocycles. The average molecular weight is 187 g/mol. The van der Waals surface area contributed by atoms with Crippen LogP contribution in [0.25, 0.3) is 0 Å². The summed E-state index contributed by atoms with van der Waals surface area (Å²) in [7, 11) is 0. The number of ether oxygens (including phenoxy) is 1. The Hall–Kier alpha value is -0.570. The summed E-state index contributed by atoms with van der Waals surface area (Å²) >= 11 is 0. The van der Waals surface area contributed by atoms with Gasteiger partial charge in [-0.3, -0.25) is 4.79 Å². The topological polar surface area (TPSA) is 52.3 Å². The molecule has 0 aliphatic rings. The third-order valence-electron chi connectivity index (χ3n) is 1.93. The van der Waals surface area contributed by atoms with Crippen LogP contribution < -0.4 is 5.73 Å². The molecule has 0 rings (SSSR count). The van der Waals surface area contributed by atoms with Crippen molar-refractivity contribution < 1.29 is 9.53 Å². The molecule has 0 radical (unpaired) electrons. The number of esters is 1. The maximum Gasteiger partial charge on any atom is 0.323 e. The lowest BCUT2D eigenvalue weighted by atomic mass is 9.87. The number of hydrogen-bond acceptors (Lipinski definition) is 3. The largest absolute Gasteiger partial charge is 0.465 e. The zero-order chi connectivity index (χ0) is 10.5. The van der Waals surface area contributed by atoms with Crippen LogP contribution in [0, 0.1) is 5.41 Å². The van der Waals surface area contributed by atoms with E-state index in [9.17, 15) is 4.79 Å². The Morgan fingerprint density at radius 3 is 2.38 bits per heavy atom. The van der Waals surface area contributed by atoms with E-state index in [1.165, 1.54) is 0 Å². The monoisotopic (exact) mass is 187 g/mol. The third kappa shape index (κ3) is 4.88. The summed E-state index contributed by atoms with van der Waals surface area (Å²) in [4.78, 5) is 11.3. The minimum atomic E-state index is -0.524. The molecule has 0 bridgehead atoms. The third-order valence-corrected chi connectivity index (χ3v) is 1.93. The molecule has 0 aromatic heterocycles. The van der Waals surface area contributed by atoms with Crippen LogP contribution in [0.5, 0.6) is 0 Å². The van der Waals surface area contributed by atoms with E-state index in [1.54, 1.807) is 0 Å². The minimum Gasteiger partial charge on any atom is -0.465 e. The quantitative estimate of drug-likeness (QED) is 0.538. The first-order chi connectivity index (χ1) is 5.89. The highest BCUT2D eigenvalue weighted by Gasteiger charge is 2.28. The lowest BCUT2D eigenvalue weighted by Crippen LogP contribution is -2.43. The van der Waals surface area contributed by atoms with Crippen molar-refractivity contribution in [1.29, 1.82) is 0 Å². The Bertz CT molecular complexity index is 161. The molecule has 0 fully saturated rings. The lowest BCUT2D eigenvalue weighted by molar-refractivity contribution is -0.147. The summed E-state index contributed by atoms with van der Waals surface area (Å²) in [6.45, 7) is 8.33. The van der Waals surface area contributed by atoms with Crippen molar-refractivity contribution in [3.8, 4) is 0 Å². The summed E-state index contributed by atoms with van der Waals surface area (Å²) in [6, 6.07) is -0.524. The Kier molecular flexibility index (Phi) is 4.99. The summed E-state index contributed by atoms with van der Waals surface area (Å²) in [5.41, 5.74) is 5.48. The van der Waals surface area contributed by atoms with Crippen LogP contribution in [0.3, 0.4) is 0 Å². The highest BCUT2D eigenvalue weighted by Crippen LogP contribution is 2.18. The zero-order valence-electron chi connectivity index (χ0n) is 9.09. The van der Waals surface area contributed by atoms with E-state index in [4.69, 9.17) is 10.5 Å². The second-order valence-corrected chi connectivity index (χ2v) is 4.36. The molecule has 3 heteroatoms. The van der Waals surface area contributed by atoms with Crippen LogP contribution in [0.2, 0.25) is 0 Å². The fourth-order valence-corrected chi connectivity index (χ4v) is 0.760. The first-order valence-electron chi connectivity index (χ1n) is 4.81. The van der Waals surface area contributed by atoms with Crippen LogP contribution in [0.4, 0.5) is 0 Å². The molecule has 0 heterocycles. The van der Waals surface area contributed by atoms with E-state index in [-0.39, 0.29) is 11.4 Å². The molecule has 1 unspecified atom stereocenters. The Labute approximate surface area is 80.6 Å². The summed E-state index contributed by atoms with van der Waals surface area (Å²) < 4.78 is 5.01. The van der Waals surface area contributed by atoms with Crippen LogP contribution in [-0.4, -0.2) is 18.6 Å². The molecule has 0 aromatic carbocycles. The van der Waals surface area contributed by atoms with Gasteiger partial charge >= 0.3 is 5.97 Å². The number of nitrogens with two attached hydrogens (primary N) is 1. The predicted octanol–water partition coefficient (Wildman–Crippen LogP) is 1.70. The first-order valence-corrected chi connectivity index (χ1v) is 4.81. The molecular formula is C10H21NO2. The van der Waals surface area contributed by atoms with Gasteiger partial charge in [-0.15, -0.1) is 0 Å². The molecule has 0 aliphatic carbocycles. The molecule has 0 amide bonds. The smallest absolute Gasteiger partial charge is 0.323 e. The molecule has 0 aliphatic heterocycles. The second-order valence-electron chi connectivity index (χ2n) is 4.36. The number of carbonyl (C=O) groups is 1. The number of rotatable bonds is 4. The fourth-order valence-electron chi connectivity index (χ4n) is 0.760. The van der Waals surface area contributed by atoms with Gasteiger partial charge < -0.3 is 10.5 Å². The van der Waals surface area contributed by atoms with Gasteiger partial charge in [0.15, 0.2) is 0 Å². The molecule has 13 heavy (non-hydrogen) atoms. The van der Waals surface area contributed by atoms with Crippen molar-refractivity contribution in [2.24, 2.45) is 11.1 Å². The fraction of sp³-hybridized carbons (Fsp3) is 0.900. The predicted molar refractivity (Wildman–Crippen MR) is 53.3 cm³/mol. The summed E-state index contributed by atoms with van der Waals surface area (Å²) in [5, 5.41) is 0. The van der Waals surface area contributed by atoms with Gasteiger partial charge in [0.05, 0.1) is 6.61 Å². The molecule has 1 atom stereocenters. The zero-order valence-corrected chi connectivity index (χ0v) is 9.09. The van der Waals surface area contributed by atoms with Gasteiger partial charge in [0, 0.05) is 0 Å². The average Bonchev–Trinajstić information content (AvgIpc) is 2.01. The van der Waals surface area contributed by atoms with E-state index >= 15 is 0 Å². The van der Waals surface area contributed by atoms with Crippen LogP contribution >= 0.6 is 0 Å². The van der Waals surface area contributed by atoms with Crippen molar-refractivity contribution in [3.05, 3.63) is 0 Å². The summed E-state index contributed by atoms with van der Waals surface area (Å²) in [5.74, 6) is -0.291. The molecular weight excluding hydrogens is 166 g/mol.